The summed E-state index contributed by atoms with van der Waals surface area (Å²) in [7, 11) is 4.89. The number of nitrogens with one attached hydrogen (secondary N) is 1. The summed E-state index contributed by atoms with van der Waals surface area (Å²) in [4.78, 5) is 0. The third-order valence-electron chi connectivity index (χ3n) is 3.96. The summed E-state index contributed by atoms with van der Waals surface area (Å²) in [5, 5.41) is 4.05. The van der Waals surface area contributed by atoms with Gasteiger partial charge in [-0.1, -0.05) is 17.7 Å². The summed E-state index contributed by atoms with van der Waals surface area (Å²) in [5.41, 5.74) is 2.15. The van der Waals surface area contributed by atoms with Crippen molar-refractivity contribution in [3.05, 3.63) is 46.5 Å². The maximum absolute atomic E-state index is 6.18. The SMILES string of the molecule is CCOc1c(CNCCc2ccc(OC)c(OC)c2)cc(Cl)cc1OC. The first-order valence-electron chi connectivity index (χ1n) is 8.53. The maximum Gasteiger partial charge on any atom is 0.165 e. The molecule has 5 nitrogen and oxygen atoms in total. The van der Waals surface area contributed by atoms with Gasteiger partial charge in [0.2, 0.25) is 0 Å². The minimum Gasteiger partial charge on any atom is -0.493 e. The molecule has 0 heterocycles. The summed E-state index contributed by atoms with van der Waals surface area (Å²) in [6.45, 7) is 3.95. The predicted octanol–water partition coefficient (Wildman–Crippen LogP) is 4.10. The van der Waals surface area contributed by atoms with Gasteiger partial charge in [0.1, 0.15) is 0 Å². The molecule has 0 spiro atoms. The molecule has 6 heteroatoms. The lowest BCUT2D eigenvalue weighted by atomic mass is 10.1. The van der Waals surface area contributed by atoms with E-state index in [1.807, 2.05) is 31.2 Å². The minimum atomic E-state index is 0.566. The summed E-state index contributed by atoms with van der Waals surface area (Å²) in [6, 6.07) is 9.62. The van der Waals surface area contributed by atoms with Crippen LogP contribution in [0.5, 0.6) is 23.0 Å². The van der Waals surface area contributed by atoms with Crippen LogP contribution in [0, 0.1) is 0 Å². The van der Waals surface area contributed by atoms with Crippen LogP contribution in [0.3, 0.4) is 0 Å². The fourth-order valence-electron chi connectivity index (χ4n) is 2.71. The molecule has 2 aromatic rings. The molecule has 0 aromatic heterocycles. The van der Waals surface area contributed by atoms with E-state index < -0.39 is 0 Å². The molecule has 2 rings (SSSR count). The summed E-state index contributed by atoms with van der Waals surface area (Å²) in [6.07, 6.45) is 0.863. The van der Waals surface area contributed by atoms with Crippen molar-refractivity contribution in [1.82, 2.24) is 5.32 Å². The van der Waals surface area contributed by atoms with Crippen LogP contribution in [0.4, 0.5) is 0 Å². The summed E-state index contributed by atoms with van der Waals surface area (Å²) >= 11 is 6.18. The van der Waals surface area contributed by atoms with Gasteiger partial charge in [0.25, 0.3) is 0 Å². The smallest absolute Gasteiger partial charge is 0.165 e. The molecule has 1 N–H and O–H groups in total. The average molecular weight is 380 g/mol. The number of hydrogen-bond acceptors (Lipinski definition) is 5. The molecular weight excluding hydrogens is 354 g/mol. The third kappa shape index (κ3) is 5.19. The van der Waals surface area contributed by atoms with E-state index in [1.165, 1.54) is 5.56 Å². The second-order valence-electron chi connectivity index (χ2n) is 5.65. The Morgan fingerprint density at radius 3 is 2.31 bits per heavy atom. The van der Waals surface area contributed by atoms with Crippen molar-refractivity contribution < 1.29 is 18.9 Å². The highest BCUT2D eigenvalue weighted by molar-refractivity contribution is 6.30. The van der Waals surface area contributed by atoms with E-state index in [2.05, 4.69) is 5.32 Å². The Labute approximate surface area is 160 Å². The summed E-state index contributed by atoms with van der Waals surface area (Å²) < 4.78 is 21.7. The first kappa shape index (κ1) is 20.2. The molecule has 0 aliphatic carbocycles. The van der Waals surface area contributed by atoms with Gasteiger partial charge in [-0.15, -0.1) is 0 Å². The largest absolute Gasteiger partial charge is 0.493 e. The fourth-order valence-corrected chi connectivity index (χ4v) is 2.94. The van der Waals surface area contributed by atoms with Crippen LogP contribution in [0.2, 0.25) is 5.02 Å². The van der Waals surface area contributed by atoms with Gasteiger partial charge >= 0.3 is 0 Å². The Hall–Kier alpha value is -2.11. The summed E-state index contributed by atoms with van der Waals surface area (Å²) in [5.74, 6) is 2.86. The average Bonchev–Trinajstić information content (AvgIpc) is 2.66. The van der Waals surface area contributed by atoms with Gasteiger partial charge in [0, 0.05) is 23.2 Å². The van der Waals surface area contributed by atoms with E-state index in [0.717, 1.165) is 35.8 Å². The van der Waals surface area contributed by atoms with Gasteiger partial charge in [0.05, 0.1) is 27.9 Å². The molecule has 142 valence electrons. The molecule has 0 fully saturated rings. The van der Waals surface area contributed by atoms with Crippen LogP contribution < -0.4 is 24.3 Å². The van der Waals surface area contributed by atoms with Crippen molar-refractivity contribution in [1.29, 1.82) is 0 Å². The molecule has 0 atom stereocenters. The van der Waals surface area contributed by atoms with E-state index in [1.54, 1.807) is 27.4 Å². The molecule has 0 bridgehead atoms. The minimum absolute atomic E-state index is 0.566. The lowest BCUT2D eigenvalue weighted by Gasteiger charge is -2.15. The van der Waals surface area contributed by atoms with Gasteiger partial charge in [0.15, 0.2) is 23.0 Å². The van der Waals surface area contributed by atoms with Crippen LogP contribution in [0.1, 0.15) is 18.1 Å². The molecule has 0 aliphatic heterocycles. The quantitative estimate of drug-likeness (QED) is 0.630. The van der Waals surface area contributed by atoms with Gasteiger partial charge in [-0.05, 0) is 43.7 Å². The molecule has 2 aromatic carbocycles. The van der Waals surface area contributed by atoms with Crippen molar-refractivity contribution in [3.8, 4) is 23.0 Å². The van der Waals surface area contributed by atoms with Crippen LogP contribution in [-0.2, 0) is 13.0 Å². The van der Waals surface area contributed by atoms with Gasteiger partial charge in [-0.2, -0.15) is 0 Å². The van der Waals surface area contributed by atoms with Crippen LogP contribution in [0.15, 0.2) is 30.3 Å². The monoisotopic (exact) mass is 379 g/mol. The highest BCUT2D eigenvalue weighted by Crippen LogP contribution is 2.34. The first-order chi connectivity index (χ1) is 12.6. The van der Waals surface area contributed by atoms with E-state index in [9.17, 15) is 0 Å². The Morgan fingerprint density at radius 1 is 0.923 bits per heavy atom. The molecule has 0 amide bonds. The molecule has 0 saturated carbocycles. The number of hydrogen-bond donors (Lipinski definition) is 1. The van der Waals surface area contributed by atoms with Crippen molar-refractivity contribution in [2.45, 2.75) is 19.9 Å². The van der Waals surface area contributed by atoms with E-state index >= 15 is 0 Å². The Kier molecular flexibility index (Phi) is 7.88. The molecule has 26 heavy (non-hydrogen) atoms. The lowest BCUT2D eigenvalue weighted by Crippen LogP contribution is -2.17. The Bertz CT molecular complexity index is 721. The fraction of sp³-hybridized carbons (Fsp3) is 0.400. The number of ether oxygens (including phenoxy) is 4. The van der Waals surface area contributed by atoms with E-state index in [4.69, 9.17) is 30.5 Å². The van der Waals surface area contributed by atoms with Crippen molar-refractivity contribution in [2.24, 2.45) is 0 Å². The first-order valence-corrected chi connectivity index (χ1v) is 8.91. The number of halogens is 1. The zero-order chi connectivity index (χ0) is 18.9. The predicted molar refractivity (Wildman–Crippen MR) is 104 cm³/mol. The van der Waals surface area contributed by atoms with Crippen LogP contribution in [0.25, 0.3) is 0 Å². The third-order valence-corrected chi connectivity index (χ3v) is 4.18. The van der Waals surface area contributed by atoms with Crippen LogP contribution >= 0.6 is 11.6 Å². The standard InChI is InChI=1S/C20H26ClNO4/c1-5-26-20-15(11-16(21)12-19(20)25-4)13-22-9-8-14-6-7-17(23-2)18(10-14)24-3/h6-7,10-12,22H,5,8-9,13H2,1-4H3. The highest BCUT2D eigenvalue weighted by Gasteiger charge is 2.12. The number of rotatable bonds is 10. The molecule has 0 radical (unpaired) electrons. The van der Waals surface area contributed by atoms with E-state index in [-0.39, 0.29) is 0 Å². The Balaban J connectivity index is 1.99. The molecule has 0 unspecified atom stereocenters. The van der Waals surface area contributed by atoms with Gasteiger partial charge in [-0.25, -0.2) is 0 Å². The molecule has 0 aliphatic rings. The van der Waals surface area contributed by atoms with Crippen molar-refractivity contribution in [2.75, 3.05) is 34.5 Å². The number of methoxy groups -OCH3 is 3. The molecular formula is C20H26ClNO4. The van der Waals surface area contributed by atoms with E-state index in [0.29, 0.717) is 23.9 Å². The topological polar surface area (TPSA) is 49.0 Å². The van der Waals surface area contributed by atoms with Crippen LogP contribution in [-0.4, -0.2) is 34.5 Å². The zero-order valence-electron chi connectivity index (χ0n) is 15.7. The lowest BCUT2D eigenvalue weighted by molar-refractivity contribution is 0.307. The normalized spacial score (nSPS) is 10.5. The number of benzene rings is 2. The maximum atomic E-state index is 6.18. The van der Waals surface area contributed by atoms with Gasteiger partial charge < -0.3 is 24.3 Å². The highest BCUT2D eigenvalue weighted by atomic mass is 35.5. The zero-order valence-corrected chi connectivity index (χ0v) is 16.5. The molecule has 0 saturated heterocycles. The van der Waals surface area contributed by atoms with Crippen molar-refractivity contribution >= 4 is 11.6 Å². The van der Waals surface area contributed by atoms with Crippen molar-refractivity contribution in [3.63, 3.8) is 0 Å². The van der Waals surface area contributed by atoms with Gasteiger partial charge in [-0.3, -0.25) is 0 Å². The second kappa shape index (κ2) is 10.1. The Morgan fingerprint density at radius 2 is 1.65 bits per heavy atom. The second-order valence-corrected chi connectivity index (χ2v) is 6.08.